The van der Waals surface area contributed by atoms with Gasteiger partial charge in [-0.25, -0.2) is 4.98 Å². The van der Waals surface area contributed by atoms with Gasteiger partial charge in [0.1, 0.15) is 0 Å². The molecule has 1 aromatic heterocycles. The topological polar surface area (TPSA) is 31.9 Å². The van der Waals surface area contributed by atoms with Gasteiger partial charge in [0.2, 0.25) is 0 Å². The minimum Gasteiger partial charge on any atom is -0.456 e. The summed E-state index contributed by atoms with van der Waals surface area (Å²) in [5.41, 5.74) is 1.09. The van der Waals surface area contributed by atoms with Crippen LogP contribution in [-0.2, 0) is 39.3 Å². The first-order valence-electron chi connectivity index (χ1n) is 3.65. The number of nitrogens with one attached hydrogen (secondary N) is 1. The van der Waals surface area contributed by atoms with E-state index in [1.54, 1.807) is 12.5 Å². The zero-order valence-corrected chi connectivity index (χ0v) is 10.0. The van der Waals surface area contributed by atoms with E-state index < -0.39 is 0 Å². The summed E-state index contributed by atoms with van der Waals surface area (Å²) in [7, 11) is 3.85. The van der Waals surface area contributed by atoms with Crippen molar-refractivity contribution in [1.29, 1.82) is 0 Å². The molecule has 3 nitrogen and oxygen atoms in total. The number of rotatable bonds is 4. The molecule has 0 atom stereocenters. The molecule has 1 aromatic rings. The van der Waals surface area contributed by atoms with Gasteiger partial charge in [-0.3, -0.25) is 7.05 Å². The van der Waals surface area contributed by atoms with Crippen molar-refractivity contribution < 1.29 is 32.7 Å². The first-order chi connectivity index (χ1) is 5.33. The summed E-state index contributed by atoms with van der Waals surface area (Å²) in [5, 5.41) is 0. The van der Waals surface area contributed by atoms with Crippen LogP contribution in [0.25, 0.3) is 0 Å². The zero-order valence-electron chi connectivity index (χ0n) is 7.16. The quantitative estimate of drug-likeness (QED) is 0.802. The van der Waals surface area contributed by atoms with Crippen LogP contribution < -0.4 is 0 Å². The van der Waals surface area contributed by atoms with Crippen molar-refractivity contribution in [3.05, 3.63) is 32.2 Å². The molecule has 0 bridgehead atoms. The van der Waals surface area contributed by atoms with Gasteiger partial charge in [-0.05, 0) is 0 Å². The molecule has 0 aliphatic carbocycles. The molecule has 1 heterocycles. The Morgan fingerprint density at radius 2 is 2.33 bits per heavy atom. The smallest absolute Gasteiger partial charge is 0.0922 e. The molecule has 0 aliphatic heterocycles. The third kappa shape index (κ3) is 4.34. The summed E-state index contributed by atoms with van der Waals surface area (Å²) < 4.78 is 0. The predicted molar refractivity (Wildman–Crippen MR) is 44.3 cm³/mol. The Morgan fingerprint density at radius 3 is 2.83 bits per heavy atom. The second-order valence-electron chi connectivity index (χ2n) is 2.48. The second kappa shape index (κ2) is 6.75. The van der Waals surface area contributed by atoms with Crippen LogP contribution in [-0.4, -0.2) is 21.4 Å². The maximum atomic E-state index is 3.91. The maximum Gasteiger partial charge on any atom is 0.0922 e. The van der Waals surface area contributed by atoms with Gasteiger partial charge in [0.05, 0.1) is 6.33 Å². The zero-order chi connectivity index (χ0) is 8.10. The van der Waals surface area contributed by atoms with Gasteiger partial charge in [-0.1, -0.05) is 6.54 Å². The Labute approximate surface area is 98.8 Å². The second-order valence-corrected chi connectivity index (χ2v) is 2.48. The van der Waals surface area contributed by atoms with Crippen LogP contribution in [0.15, 0.2) is 12.5 Å². The summed E-state index contributed by atoms with van der Waals surface area (Å²) in [6.45, 7) is 5.48. The summed E-state index contributed by atoms with van der Waals surface area (Å²) in [6.07, 6.45) is 4.37. The van der Waals surface area contributed by atoms with E-state index in [1.165, 1.54) is 0 Å². The summed E-state index contributed by atoms with van der Waals surface area (Å²) in [5.74, 6) is 0. The molecule has 0 saturated carbocycles. The van der Waals surface area contributed by atoms with E-state index in [-0.39, 0.29) is 32.7 Å². The molecular formula is C8H13N3Y-2. The van der Waals surface area contributed by atoms with E-state index in [0.717, 1.165) is 25.2 Å². The number of hydrogen-bond donors (Lipinski definition) is 1. The summed E-state index contributed by atoms with van der Waals surface area (Å²) in [4.78, 5) is 8.88. The van der Waals surface area contributed by atoms with Gasteiger partial charge in [0.15, 0.2) is 0 Å². The molecule has 1 rings (SSSR count). The normalized spacial score (nSPS) is 9.92. The van der Waals surface area contributed by atoms with Crippen molar-refractivity contribution in [2.75, 3.05) is 6.54 Å². The number of aromatic nitrogens is 2. The van der Waals surface area contributed by atoms with Crippen LogP contribution in [0.4, 0.5) is 0 Å². The molecule has 12 heavy (non-hydrogen) atoms. The molecule has 65 valence electrons. The third-order valence-electron chi connectivity index (χ3n) is 1.42. The molecule has 4 heteroatoms. The number of aromatic amines is 1. The van der Waals surface area contributed by atoms with Gasteiger partial charge in [-0.2, -0.15) is 6.42 Å². The largest absolute Gasteiger partial charge is 0.456 e. The standard InChI is InChI=1S/C8H13N3.Y/c1-3-4-11(2)6-8-5-9-7-10-8;/h5,7H,1-4,6H2,(H,9,10);/q-2;. The van der Waals surface area contributed by atoms with Crippen LogP contribution in [0.1, 0.15) is 12.1 Å². The fourth-order valence-corrected chi connectivity index (χ4v) is 0.915. The Morgan fingerprint density at radius 1 is 1.58 bits per heavy atom. The van der Waals surface area contributed by atoms with Crippen molar-refractivity contribution in [2.45, 2.75) is 13.0 Å². The third-order valence-corrected chi connectivity index (χ3v) is 1.42. The predicted octanol–water partition coefficient (Wildman–Crippen LogP) is 1.22. The van der Waals surface area contributed by atoms with E-state index in [4.69, 9.17) is 0 Å². The molecular weight excluding hydrogens is 227 g/mol. The Balaban J connectivity index is 0.00000121. The molecule has 1 radical (unpaired) electrons. The van der Waals surface area contributed by atoms with Crippen LogP contribution in [0.5, 0.6) is 0 Å². The van der Waals surface area contributed by atoms with Crippen LogP contribution in [0.3, 0.4) is 0 Å². The average molecular weight is 240 g/mol. The molecule has 0 saturated heterocycles. The number of H-pyrrole nitrogens is 1. The number of imidazole rings is 1. The Bertz CT molecular complexity index is 186. The van der Waals surface area contributed by atoms with E-state index in [9.17, 15) is 0 Å². The van der Waals surface area contributed by atoms with Crippen molar-refractivity contribution in [1.82, 2.24) is 14.9 Å². The molecule has 0 aliphatic rings. The van der Waals surface area contributed by atoms with Gasteiger partial charge < -0.3 is 16.8 Å². The van der Waals surface area contributed by atoms with Gasteiger partial charge in [-0.15, -0.1) is 0 Å². The van der Waals surface area contributed by atoms with Crippen LogP contribution in [0.2, 0.25) is 0 Å². The van der Waals surface area contributed by atoms with E-state index in [2.05, 4.69) is 23.9 Å². The van der Waals surface area contributed by atoms with Gasteiger partial charge in [0.25, 0.3) is 0 Å². The van der Waals surface area contributed by atoms with E-state index >= 15 is 0 Å². The Kier molecular flexibility index (Phi) is 6.91. The van der Waals surface area contributed by atoms with E-state index in [0.29, 0.717) is 0 Å². The summed E-state index contributed by atoms with van der Waals surface area (Å²) in [6, 6.07) is 0. The van der Waals surface area contributed by atoms with Crippen molar-refractivity contribution in [3.63, 3.8) is 0 Å². The van der Waals surface area contributed by atoms with Crippen LogP contribution in [0, 0.1) is 14.0 Å². The van der Waals surface area contributed by atoms with Gasteiger partial charge >= 0.3 is 0 Å². The first-order valence-corrected chi connectivity index (χ1v) is 3.65. The summed E-state index contributed by atoms with van der Waals surface area (Å²) >= 11 is 0. The monoisotopic (exact) mass is 240 g/mol. The molecule has 0 unspecified atom stereocenters. The van der Waals surface area contributed by atoms with Gasteiger partial charge in [0, 0.05) is 51.1 Å². The van der Waals surface area contributed by atoms with Crippen molar-refractivity contribution >= 4 is 0 Å². The maximum absolute atomic E-state index is 3.91. The molecule has 0 fully saturated rings. The fourth-order valence-electron chi connectivity index (χ4n) is 0.915. The minimum absolute atomic E-state index is 0. The minimum atomic E-state index is 0. The van der Waals surface area contributed by atoms with E-state index in [1.807, 2.05) is 4.90 Å². The Hall–Kier alpha value is 0.274. The van der Waals surface area contributed by atoms with Crippen LogP contribution >= 0.6 is 0 Å². The fraction of sp³-hybridized carbons (Fsp3) is 0.375. The molecule has 0 spiro atoms. The first kappa shape index (κ1) is 12.3. The molecule has 1 N–H and O–H groups in total. The molecule has 0 aromatic carbocycles. The number of nitrogens with zero attached hydrogens (tertiary/aromatic N) is 2. The van der Waals surface area contributed by atoms with Crippen molar-refractivity contribution in [3.8, 4) is 0 Å². The number of hydrogen-bond acceptors (Lipinski definition) is 2. The molecule has 0 amide bonds. The van der Waals surface area contributed by atoms with Crippen molar-refractivity contribution in [2.24, 2.45) is 0 Å². The SMILES string of the molecule is [CH2-]CCN([CH2-])Cc1cnc[nH]1.[Y]. The average Bonchev–Trinajstić information content (AvgIpc) is 2.40.